The summed E-state index contributed by atoms with van der Waals surface area (Å²) in [6.07, 6.45) is 1.72. The normalized spacial score (nSPS) is 11.3. The van der Waals surface area contributed by atoms with Crippen molar-refractivity contribution in [1.29, 1.82) is 0 Å². The molecule has 0 aliphatic rings. The van der Waals surface area contributed by atoms with Gasteiger partial charge in [0.2, 0.25) is 0 Å². The van der Waals surface area contributed by atoms with E-state index in [9.17, 15) is 4.79 Å². The van der Waals surface area contributed by atoms with Crippen molar-refractivity contribution in [3.05, 3.63) is 115 Å². The molecule has 0 saturated heterocycles. The minimum atomic E-state index is -0.240. The van der Waals surface area contributed by atoms with E-state index in [4.69, 9.17) is 4.74 Å². The molecule has 0 atom stereocenters. The zero-order valence-corrected chi connectivity index (χ0v) is 22.5. The maximum Gasteiger partial charge on any atom is 0.250 e. The Morgan fingerprint density at radius 3 is 2.20 bits per heavy atom. The van der Waals surface area contributed by atoms with E-state index in [0.717, 1.165) is 44.1 Å². The van der Waals surface area contributed by atoms with Crippen LogP contribution in [0.2, 0.25) is 0 Å². The summed E-state index contributed by atoms with van der Waals surface area (Å²) in [4.78, 5) is 12.8. The Labute approximate surface area is 235 Å². The van der Waals surface area contributed by atoms with Crippen LogP contribution in [0.5, 0.6) is 5.75 Å². The summed E-state index contributed by atoms with van der Waals surface area (Å²) in [7, 11) is 1.63. The van der Waals surface area contributed by atoms with Crippen LogP contribution in [0.4, 0.5) is 0 Å². The second-order valence-corrected chi connectivity index (χ2v) is 9.96. The fraction of sp³-hybridized carbons (Fsp3) is 0.0625. The van der Waals surface area contributed by atoms with Crippen LogP contribution in [0.3, 0.4) is 0 Å². The number of amides is 1. The number of carbonyl (C=O) groups excluding carboxylic acids is 1. The number of ether oxygens (including phenoxy) is 1. The molecule has 1 aromatic heterocycles. The zero-order chi connectivity index (χ0) is 27.3. The van der Waals surface area contributed by atoms with Crippen molar-refractivity contribution < 1.29 is 9.53 Å². The molecule has 0 radical (unpaired) electrons. The highest BCUT2D eigenvalue weighted by molar-refractivity contribution is 7.99. The van der Waals surface area contributed by atoms with Crippen molar-refractivity contribution in [1.82, 2.24) is 20.2 Å². The first kappa shape index (κ1) is 25.3. The lowest BCUT2D eigenvalue weighted by Gasteiger charge is -2.11. The first-order chi connectivity index (χ1) is 19.7. The van der Waals surface area contributed by atoms with E-state index in [0.29, 0.717) is 11.0 Å². The fourth-order valence-electron chi connectivity index (χ4n) is 4.62. The van der Waals surface area contributed by atoms with E-state index < -0.39 is 0 Å². The molecule has 0 spiro atoms. The molecule has 0 bridgehead atoms. The van der Waals surface area contributed by atoms with Gasteiger partial charge in [-0.15, -0.1) is 10.2 Å². The maximum absolute atomic E-state index is 12.8. The Morgan fingerprint density at radius 1 is 0.875 bits per heavy atom. The molecule has 0 aliphatic carbocycles. The van der Waals surface area contributed by atoms with Gasteiger partial charge < -0.3 is 4.74 Å². The smallest absolute Gasteiger partial charge is 0.250 e. The molecule has 6 aromatic rings. The van der Waals surface area contributed by atoms with Gasteiger partial charge in [0, 0.05) is 16.8 Å². The summed E-state index contributed by atoms with van der Waals surface area (Å²) < 4.78 is 7.26. The molecule has 1 N–H and O–H groups in total. The predicted octanol–water partition coefficient (Wildman–Crippen LogP) is 6.49. The van der Waals surface area contributed by atoms with E-state index >= 15 is 0 Å². The van der Waals surface area contributed by atoms with Crippen molar-refractivity contribution in [3.63, 3.8) is 0 Å². The fourth-order valence-corrected chi connectivity index (χ4v) is 5.37. The lowest BCUT2D eigenvalue weighted by atomic mass is 9.97. The molecular formula is C32H25N5O2S. The standard InChI is InChI=1S/C32H25N5O2S/c1-39-26-17-15-25(16-18-26)37-31(22-9-3-2-4-10-22)35-36-32(37)40-21-30(38)34-33-20-29-27-13-7-5-11-23(27)19-24-12-6-8-14-28(24)29/h2-20H,21H2,1H3,(H,34,38)/b33-20-. The summed E-state index contributed by atoms with van der Waals surface area (Å²) in [5.41, 5.74) is 5.44. The minimum absolute atomic E-state index is 0.122. The topological polar surface area (TPSA) is 81.4 Å². The Morgan fingerprint density at radius 2 is 1.52 bits per heavy atom. The van der Waals surface area contributed by atoms with Crippen LogP contribution in [0.15, 0.2) is 119 Å². The third kappa shape index (κ3) is 5.17. The number of aromatic nitrogens is 3. The Bertz CT molecular complexity index is 1780. The van der Waals surface area contributed by atoms with Gasteiger partial charge in [-0.2, -0.15) is 5.10 Å². The van der Waals surface area contributed by atoms with Gasteiger partial charge >= 0.3 is 0 Å². The van der Waals surface area contributed by atoms with Gasteiger partial charge in [0.25, 0.3) is 5.91 Å². The van der Waals surface area contributed by atoms with Crippen LogP contribution < -0.4 is 10.2 Å². The molecule has 1 heterocycles. The highest BCUT2D eigenvalue weighted by Crippen LogP contribution is 2.29. The molecular weight excluding hydrogens is 518 g/mol. The quantitative estimate of drug-likeness (QED) is 0.103. The van der Waals surface area contributed by atoms with E-state index in [2.05, 4.69) is 51.1 Å². The van der Waals surface area contributed by atoms with E-state index in [-0.39, 0.29) is 11.7 Å². The van der Waals surface area contributed by atoms with Gasteiger partial charge in [0.05, 0.1) is 19.1 Å². The van der Waals surface area contributed by atoms with Crippen molar-refractivity contribution in [2.45, 2.75) is 5.16 Å². The van der Waals surface area contributed by atoms with Crippen LogP contribution >= 0.6 is 11.8 Å². The van der Waals surface area contributed by atoms with Gasteiger partial charge in [-0.1, -0.05) is 90.6 Å². The van der Waals surface area contributed by atoms with Gasteiger partial charge in [0.15, 0.2) is 11.0 Å². The number of hydrogen-bond acceptors (Lipinski definition) is 6. The number of hydrogen-bond donors (Lipinski definition) is 1. The van der Waals surface area contributed by atoms with Crippen LogP contribution in [0, 0.1) is 0 Å². The SMILES string of the molecule is COc1ccc(-n2c(SCC(=O)N/N=C\c3c4ccccc4cc4ccccc34)nnc2-c2ccccc2)cc1. The number of methoxy groups -OCH3 is 1. The summed E-state index contributed by atoms with van der Waals surface area (Å²) in [6, 6.07) is 36.0. The third-order valence-corrected chi connectivity index (χ3v) is 7.45. The summed E-state index contributed by atoms with van der Waals surface area (Å²) >= 11 is 1.30. The first-order valence-electron chi connectivity index (χ1n) is 12.7. The van der Waals surface area contributed by atoms with Gasteiger partial charge in [0.1, 0.15) is 5.75 Å². The Kier molecular flexibility index (Phi) is 7.24. The van der Waals surface area contributed by atoms with E-state index in [1.54, 1.807) is 13.3 Å². The van der Waals surface area contributed by atoms with E-state index in [1.807, 2.05) is 83.4 Å². The lowest BCUT2D eigenvalue weighted by Crippen LogP contribution is -2.20. The van der Waals surface area contributed by atoms with Crippen molar-refractivity contribution >= 4 is 45.4 Å². The molecule has 0 unspecified atom stereocenters. The van der Waals surface area contributed by atoms with Crippen molar-refractivity contribution in [2.24, 2.45) is 5.10 Å². The average Bonchev–Trinajstić information content (AvgIpc) is 3.44. The van der Waals surface area contributed by atoms with Crippen LogP contribution in [-0.4, -0.2) is 39.7 Å². The third-order valence-electron chi connectivity index (χ3n) is 6.52. The maximum atomic E-state index is 12.8. The summed E-state index contributed by atoms with van der Waals surface area (Å²) in [5, 5.41) is 18.2. The number of carbonyl (C=O) groups is 1. The van der Waals surface area contributed by atoms with Crippen LogP contribution in [0.25, 0.3) is 38.6 Å². The van der Waals surface area contributed by atoms with Gasteiger partial charge in [-0.3, -0.25) is 9.36 Å². The number of benzene rings is 5. The number of nitrogens with one attached hydrogen (secondary N) is 1. The molecule has 8 heteroatoms. The van der Waals surface area contributed by atoms with Gasteiger partial charge in [-0.25, -0.2) is 5.43 Å². The highest BCUT2D eigenvalue weighted by atomic mass is 32.2. The second-order valence-electron chi connectivity index (χ2n) is 9.02. The molecule has 40 heavy (non-hydrogen) atoms. The van der Waals surface area contributed by atoms with Gasteiger partial charge in [-0.05, 0) is 51.9 Å². The Hall–Kier alpha value is -4.95. The molecule has 6 rings (SSSR count). The molecule has 5 aromatic carbocycles. The zero-order valence-electron chi connectivity index (χ0n) is 21.7. The molecule has 196 valence electrons. The molecule has 1 amide bonds. The largest absolute Gasteiger partial charge is 0.497 e. The monoisotopic (exact) mass is 543 g/mol. The molecule has 0 aliphatic heterocycles. The van der Waals surface area contributed by atoms with Crippen LogP contribution in [0.1, 0.15) is 5.56 Å². The lowest BCUT2D eigenvalue weighted by molar-refractivity contribution is -0.118. The minimum Gasteiger partial charge on any atom is -0.497 e. The highest BCUT2D eigenvalue weighted by Gasteiger charge is 2.17. The number of hydrazone groups is 1. The summed E-state index contributed by atoms with van der Waals surface area (Å²) in [5.74, 6) is 1.32. The Balaban J connectivity index is 1.22. The number of thioether (sulfide) groups is 1. The number of rotatable bonds is 8. The predicted molar refractivity (Wildman–Crippen MR) is 161 cm³/mol. The van der Waals surface area contributed by atoms with E-state index in [1.165, 1.54) is 11.8 Å². The van der Waals surface area contributed by atoms with Crippen LogP contribution in [-0.2, 0) is 4.79 Å². The second kappa shape index (κ2) is 11.4. The van der Waals surface area contributed by atoms with Crippen molar-refractivity contribution in [3.8, 4) is 22.8 Å². The number of nitrogens with zero attached hydrogens (tertiary/aromatic N) is 4. The first-order valence-corrected chi connectivity index (χ1v) is 13.7. The molecule has 7 nitrogen and oxygen atoms in total. The molecule has 0 saturated carbocycles. The van der Waals surface area contributed by atoms with Crippen molar-refractivity contribution in [2.75, 3.05) is 12.9 Å². The molecule has 0 fully saturated rings. The average molecular weight is 544 g/mol. The summed E-state index contributed by atoms with van der Waals surface area (Å²) in [6.45, 7) is 0. The number of fused-ring (bicyclic) bond motifs is 2.